The summed E-state index contributed by atoms with van der Waals surface area (Å²) in [4.78, 5) is 4.32. The lowest BCUT2D eigenvalue weighted by Gasteiger charge is -2.19. The maximum absolute atomic E-state index is 14.4. The summed E-state index contributed by atoms with van der Waals surface area (Å²) in [5, 5.41) is 0.947. The average molecular weight is 346 g/mol. The number of benzene rings is 2. The second-order valence-electron chi connectivity index (χ2n) is 4.66. The molecule has 1 aromatic heterocycles. The van der Waals surface area contributed by atoms with Crippen molar-refractivity contribution in [3.05, 3.63) is 76.1 Å². The molecular formula is C16H13BrFN3. The summed E-state index contributed by atoms with van der Waals surface area (Å²) >= 11 is 3.21. The number of rotatable bonds is 3. The summed E-state index contributed by atoms with van der Waals surface area (Å²) in [5.74, 6) is 5.38. The van der Waals surface area contributed by atoms with Crippen LogP contribution in [0.3, 0.4) is 0 Å². The van der Waals surface area contributed by atoms with Crippen molar-refractivity contribution in [2.24, 2.45) is 5.84 Å². The van der Waals surface area contributed by atoms with Crippen LogP contribution in [0, 0.1) is 5.82 Å². The third-order valence-electron chi connectivity index (χ3n) is 3.45. The van der Waals surface area contributed by atoms with E-state index < -0.39 is 6.04 Å². The van der Waals surface area contributed by atoms with Crippen molar-refractivity contribution in [2.45, 2.75) is 6.04 Å². The monoisotopic (exact) mass is 345 g/mol. The maximum atomic E-state index is 14.4. The molecule has 0 saturated heterocycles. The van der Waals surface area contributed by atoms with Gasteiger partial charge in [-0.25, -0.2) is 9.82 Å². The molecule has 3 nitrogen and oxygen atoms in total. The zero-order valence-electron chi connectivity index (χ0n) is 11.1. The number of nitrogens with zero attached hydrogens (tertiary/aromatic N) is 1. The number of nitrogens with two attached hydrogens (primary N) is 1. The molecule has 0 radical (unpaired) electrons. The molecule has 3 rings (SSSR count). The molecule has 1 heterocycles. The fourth-order valence-corrected chi connectivity index (χ4v) is 2.84. The van der Waals surface area contributed by atoms with Crippen LogP contribution in [0.4, 0.5) is 4.39 Å². The molecule has 0 aliphatic heterocycles. The zero-order chi connectivity index (χ0) is 14.8. The smallest absolute Gasteiger partial charge is 0.142 e. The largest absolute Gasteiger partial charge is 0.271 e. The molecular weight excluding hydrogens is 333 g/mol. The normalized spacial score (nSPS) is 12.5. The standard InChI is InChI=1S/C16H13BrFN3/c17-13-6-3-5-12(15(13)18)16(21-19)11-8-9-20-14-7-2-1-4-10(11)14/h1-9,16,21H,19H2. The number of hydrogen-bond acceptors (Lipinski definition) is 3. The Hall–Kier alpha value is -1.82. The van der Waals surface area contributed by atoms with Gasteiger partial charge in [-0.1, -0.05) is 30.3 Å². The summed E-state index contributed by atoms with van der Waals surface area (Å²) in [6.07, 6.45) is 1.71. The number of pyridine rings is 1. The first-order chi connectivity index (χ1) is 10.2. The third kappa shape index (κ3) is 2.55. The Bertz CT molecular complexity index is 786. The molecule has 0 bridgehead atoms. The Balaban J connectivity index is 2.21. The van der Waals surface area contributed by atoms with E-state index >= 15 is 0 Å². The van der Waals surface area contributed by atoms with Crippen LogP contribution >= 0.6 is 15.9 Å². The lowest BCUT2D eigenvalue weighted by molar-refractivity contribution is 0.557. The second kappa shape index (κ2) is 5.89. The highest BCUT2D eigenvalue weighted by Gasteiger charge is 2.20. The zero-order valence-corrected chi connectivity index (χ0v) is 12.6. The highest BCUT2D eigenvalue weighted by molar-refractivity contribution is 9.10. The van der Waals surface area contributed by atoms with Crippen molar-refractivity contribution in [1.82, 2.24) is 10.4 Å². The second-order valence-corrected chi connectivity index (χ2v) is 5.51. The number of hydrogen-bond donors (Lipinski definition) is 2. The van der Waals surface area contributed by atoms with Crippen LogP contribution in [-0.4, -0.2) is 4.98 Å². The molecule has 0 aliphatic rings. The molecule has 3 N–H and O–H groups in total. The predicted octanol–water partition coefficient (Wildman–Crippen LogP) is 3.69. The van der Waals surface area contributed by atoms with Crippen LogP contribution in [0.2, 0.25) is 0 Å². The molecule has 3 aromatic rings. The van der Waals surface area contributed by atoms with Crippen LogP contribution in [0.5, 0.6) is 0 Å². The van der Waals surface area contributed by atoms with E-state index in [1.807, 2.05) is 30.3 Å². The maximum Gasteiger partial charge on any atom is 0.142 e. The molecule has 0 aliphatic carbocycles. The Kier molecular flexibility index (Phi) is 3.96. The summed E-state index contributed by atoms with van der Waals surface area (Å²) in [5.41, 5.74) is 4.94. The van der Waals surface area contributed by atoms with Gasteiger partial charge in [0.15, 0.2) is 0 Å². The van der Waals surface area contributed by atoms with Gasteiger partial charge in [0.1, 0.15) is 5.82 Å². The van der Waals surface area contributed by atoms with Gasteiger partial charge in [-0.15, -0.1) is 0 Å². The lowest BCUT2D eigenvalue weighted by Crippen LogP contribution is -2.29. The topological polar surface area (TPSA) is 50.9 Å². The van der Waals surface area contributed by atoms with Gasteiger partial charge in [-0.2, -0.15) is 0 Å². The van der Waals surface area contributed by atoms with E-state index in [9.17, 15) is 4.39 Å². The summed E-state index contributed by atoms with van der Waals surface area (Å²) < 4.78 is 14.8. The number of nitrogens with one attached hydrogen (secondary N) is 1. The van der Waals surface area contributed by atoms with Crippen LogP contribution in [0.15, 0.2) is 59.2 Å². The summed E-state index contributed by atoms with van der Waals surface area (Å²) in [6, 6.07) is 14.3. The van der Waals surface area contributed by atoms with E-state index in [2.05, 4.69) is 26.3 Å². The Morgan fingerprint density at radius 2 is 1.86 bits per heavy atom. The van der Waals surface area contributed by atoms with Crippen molar-refractivity contribution in [3.63, 3.8) is 0 Å². The first-order valence-electron chi connectivity index (χ1n) is 6.46. The fourth-order valence-electron chi connectivity index (χ4n) is 2.46. The van der Waals surface area contributed by atoms with Gasteiger partial charge in [0, 0.05) is 17.1 Å². The molecule has 21 heavy (non-hydrogen) atoms. The molecule has 1 atom stereocenters. The van der Waals surface area contributed by atoms with Crippen LogP contribution < -0.4 is 11.3 Å². The van der Waals surface area contributed by atoms with E-state index in [0.717, 1.165) is 16.5 Å². The van der Waals surface area contributed by atoms with Gasteiger partial charge in [-0.3, -0.25) is 10.8 Å². The van der Waals surface area contributed by atoms with Gasteiger partial charge in [0.05, 0.1) is 16.0 Å². The summed E-state index contributed by atoms with van der Waals surface area (Å²) in [6.45, 7) is 0. The number of halogens is 2. The summed E-state index contributed by atoms with van der Waals surface area (Å²) in [7, 11) is 0. The van der Waals surface area contributed by atoms with E-state index in [-0.39, 0.29) is 5.82 Å². The number of hydrazine groups is 1. The van der Waals surface area contributed by atoms with Gasteiger partial charge >= 0.3 is 0 Å². The minimum absolute atomic E-state index is 0.318. The van der Waals surface area contributed by atoms with Crippen LogP contribution in [0.25, 0.3) is 10.9 Å². The number of para-hydroxylation sites is 1. The molecule has 2 aromatic carbocycles. The van der Waals surface area contributed by atoms with E-state index in [1.165, 1.54) is 0 Å². The average Bonchev–Trinajstić information content (AvgIpc) is 2.52. The first-order valence-corrected chi connectivity index (χ1v) is 7.25. The van der Waals surface area contributed by atoms with Crippen LogP contribution in [-0.2, 0) is 0 Å². The van der Waals surface area contributed by atoms with Gasteiger partial charge in [0.25, 0.3) is 0 Å². The highest BCUT2D eigenvalue weighted by Crippen LogP contribution is 2.31. The molecule has 0 amide bonds. The minimum atomic E-state index is -0.449. The lowest BCUT2D eigenvalue weighted by atomic mass is 9.96. The van der Waals surface area contributed by atoms with Gasteiger partial charge in [-0.05, 0) is 39.7 Å². The Morgan fingerprint density at radius 1 is 1.05 bits per heavy atom. The van der Waals surface area contributed by atoms with Crippen molar-refractivity contribution in [2.75, 3.05) is 0 Å². The highest BCUT2D eigenvalue weighted by atomic mass is 79.9. The molecule has 106 valence electrons. The quantitative estimate of drug-likeness (QED) is 0.562. The van der Waals surface area contributed by atoms with Crippen molar-refractivity contribution < 1.29 is 4.39 Å². The van der Waals surface area contributed by atoms with E-state index in [1.54, 1.807) is 24.4 Å². The Labute approximate surface area is 130 Å². The Morgan fingerprint density at radius 3 is 2.67 bits per heavy atom. The molecule has 5 heteroatoms. The van der Waals surface area contributed by atoms with Crippen molar-refractivity contribution in [3.8, 4) is 0 Å². The van der Waals surface area contributed by atoms with Crippen LogP contribution in [0.1, 0.15) is 17.2 Å². The molecule has 0 saturated carbocycles. The van der Waals surface area contributed by atoms with E-state index in [4.69, 9.17) is 5.84 Å². The predicted molar refractivity (Wildman–Crippen MR) is 85.0 cm³/mol. The molecule has 0 fully saturated rings. The van der Waals surface area contributed by atoms with Gasteiger partial charge in [0.2, 0.25) is 0 Å². The van der Waals surface area contributed by atoms with E-state index in [0.29, 0.717) is 10.0 Å². The SMILES string of the molecule is NNC(c1cccc(Br)c1F)c1ccnc2ccccc12. The third-order valence-corrected chi connectivity index (χ3v) is 4.07. The molecule has 0 spiro atoms. The van der Waals surface area contributed by atoms with Crippen molar-refractivity contribution in [1.29, 1.82) is 0 Å². The van der Waals surface area contributed by atoms with Crippen molar-refractivity contribution >= 4 is 26.8 Å². The number of fused-ring (bicyclic) bond motifs is 1. The fraction of sp³-hybridized carbons (Fsp3) is 0.0625. The molecule has 1 unspecified atom stereocenters. The number of aromatic nitrogens is 1. The minimum Gasteiger partial charge on any atom is -0.271 e. The first kappa shape index (κ1) is 14.1. The van der Waals surface area contributed by atoms with Gasteiger partial charge < -0.3 is 0 Å².